The second kappa shape index (κ2) is 21.0. The fourth-order valence-electron chi connectivity index (χ4n) is 7.09. The van der Waals surface area contributed by atoms with E-state index in [0.717, 1.165) is 96.6 Å². The summed E-state index contributed by atoms with van der Waals surface area (Å²) in [5.74, 6) is -25.0. The molecule has 2 nitrogen and oxygen atoms in total. The van der Waals surface area contributed by atoms with Crippen molar-refractivity contribution in [2.45, 2.75) is 104 Å². The van der Waals surface area contributed by atoms with Crippen LogP contribution in [-0.2, 0) is 12.8 Å². The van der Waals surface area contributed by atoms with Crippen molar-refractivity contribution >= 4 is 56.9 Å². The molecule has 6 rings (SSSR count). The van der Waals surface area contributed by atoms with Gasteiger partial charge in [0.1, 0.15) is 11.1 Å². The summed E-state index contributed by atoms with van der Waals surface area (Å²) in [5, 5.41) is 0. The molecular formula is C46H40F10O2S4. The van der Waals surface area contributed by atoms with Crippen LogP contribution < -0.4 is 0 Å². The second-order valence-corrected chi connectivity index (χ2v) is 19.1. The molecule has 0 unspecified atom stereocenters. The van der Waals surface area contributed by atoms with E-state index in [1.807, 2.05) is 12.1 Å². The molecule has 330 valence electrons. The average Bonchev–Trinajstić information content (AvgIpc) is 4.10. The fourth-order valence-corrected chi connectivity index (χ4v) is 11.7. The molecule has 4 aromatic heterocycles. The van der Waals surface area contributed by atoms with Crippen molar-refractivity contribution in [2.24, 2.45) is 0 Å². The Morgan fingerprint density at radius 3 is 0.968 bits per heavy atom. The molecule has 0 spiro atoms. The third-order valence-electron chi connectivity index (χ3n) is 10.4. The van der Waals surface area contributed by atoms with Gasteiger partial charge in [0.2, 0.25) is 23.2 Å². The van der Waals surface area contributed by atoms with E-state index in [0.29, 0.717) is 56.3 Å². The molecule has 0 aliphatic carbocycles. The lowest BCUT2D eigenvalue weighted by Gasteiger charge is -2.08. The van der Waals surface area contributed by atoms with Crippen LogP contribution in [0.1, 0.15) is 132 Å². The molecule has 16 heteroatoms. The standard InChI is InChI=1S/C46H40F10O2S4/c1-3-5-7-9-11-13-15-23-21-29(61-45(23)43(57)31-33(47)37(51)41(55)38(52)34(31)48)27-19-17-25(59-27)26-18-20-28(60-26)30-22-24(16-14-12-10-8-6-4-2)46(62-30)44(58)32-35(49)39(53)42(56)40(54)36(32)50/h17-22H,3-16H2,1-2H3. The maximum Gasteiger partial charge on any atom is 0.209 e. The van der Waals surface area contributed by atoms with Gasteiger partial charge >= 0.3 is 0 Å². The van der Waals surface area contributed by atoms with Gasteiger partial charge in [0, 0.05) is 29.3 Å². The zero-order valence-corrected chi connectivity index (χ0v) is 36.9. The number of ketones is 2. The highest BCUT2D eigenvalue weighted by Gasteiger charge is 2.34. The summed E-state index contributed by atoms with van der Waals surface area (Å²) < 4.78 is 144. The van der Waals surface area contributed by atoms with Crippen molar-refractivity contribution < 1.29 is 53.5 Å². The lowest BCUT2D eigenvalue weighted by atomic mass is 10.0. The van der Waals surface area contributed by atoms with Crippen molar-refractivity contribution in [1.82, 2.24) is 0 Å². The molecule has 0 fully saturated rings. The third-order valence-corrected chi connectivity index (χ3v) is 15.6. The highest BCUT2D eigenvalue weighted by Crippen LogP contribution is 2.45. The first kappa shape index (κ1) is 47.4. The molecule has 0 amide bonds. The Balaban J connectivity index is 1.30. The molecular weight excluding hydrogens is 903 g/mol. The maximum atomic E-state index is 14.8. The Hall–Kier alpha value is -4.12. The van der Waals surface area contributed by atoms with Gasteiger partial charge in [-0.05, 0) is 73.2 Å². The third kappa shape index (κ3) is 9.98. The zero-order valence-electron chi connectivity index (χ0n) is 33.6. The summed E-state index contributed by atoms with van der Waals surface area (Å²) in [6.45, 7) is 4.16. The van der Waals surface area contributed by atoms with Crippen molar-refractivity contribution in [2.75, 3.05) is 0 Å². The van der Waals surface area contributed by atoms with Gasteiger partial charge in [0.25, 0.3) is 0 Å². The first-order valence-corrected chi connectivity index (χ1v) is 23.5. The molecule has 0 saturated heterocycles. The topological polar surface area (TPSA) is 34.1 Å². The van der Waals surface area contributed by atoms with Crippen LogP contribution in [0.4, 0.5) is 43.9 Å². The van der Waals surface area contributed by atoms with E-state index in [9.17, 15) is 53.5 Å². The Labute approximate surface area is 368 Å². The Kier molecular flexibility index (Phi) is 16.1. The minimum absolute atomic E-state index is 0.129. The van der Waals surface area contributed by atoms with Gasteiger partial charge in [-0.1, -0.05) is 78.1 Å². The van der Waals surface area contributed by atoms with Gasteiger partial charge in [0.15, 0.2) is 46.5 Å². The van der Waals surface area contributed by atoms with Gasteiger partial charge in [-0.3, -0.25) is 9.59 Å². The van der Waals surface area contributed by atoms with Gasteiger partial charge in [-0.25, -0.2) is 43.9 Å². The van der Waals surface area contributed by atoms with Gasteiger partial charge in [0.05, 0.1) is 9.75 Å². The molecule has 0 atom stereocenters. The highest BCUT2D eigenvalue weighted by atomic mass is 32.1. The molecule has 2 aromatic carbocycles. The van der Waals surface area contributed by atoms with E-state index in [1.165, 1.54) is 22.7 Å². The predicted octanol–water partition coefficient (Wildman–Crippen LogP) is 16.6. The highest BCUT2D eigenvalue weighted by molar-refractivity contribution is 7.29. The number of benzene rings is 2. The summed E-state index contributed by atoms with van der Waals surface area (Å²) in [7, 11) is 0. The first-order valence-electron chi connectivity index (χ1n) is 20.3. The largest absolute Gasteiger partial charge is 0.287 e. The summed E-state index contributed by atoms with van der Waals surface area (Å²) in [4.78, 5) is 30.9. The first-order chi connectivity index (χ1) is 29.7. The van der Waals surface area contributed by atoms with Crippen molar-refractivity contribution in [3.8, 4) is 29.3 Å². The van der Waals surface area contributed by atoms with Gasteiger partial charge < -0.3 is 0 Å². The van der Waals surface area contributed by atoms with E-state index in [2.05, 4.69) is 13.8 Å². The zero-order chi connectivity index (χ0) is 44.8. The minimum atomic E-state index is -2.36. The monoisotopic (exact) mass is 942 g/mol. The molecule has 6 aromatic rings. The number of halogens is 10. The minimum Gasteiger partial charge on any atom is -0.287 e. The van der Waals surface area contributed by atoms with Crippen LogP contribution >= 0.6 is 45.3 Å². The number of thiophene rings is 4. The van der Waals surface area contributed by atoms with E-state index < -0.39 is 80.9 Å². The van der Waals surface area contributed by atoms with E-state index >= 15 is 0 Å². The lowest BCUT2D eigenvalue weighted by molar-refractivity contribution is 0.102. The number of hydrogen-bond donors (Lipinski definition) is 0. The number of carbonyl (C=O) groups excluding carboxylic acids is 2. The molecule has 0 bridgehead atoms. The lowest BCUT2D eigenvalue weighted by Crippen LogP contribution is -2.14. The summed E-state index contributed by atoms with van der Waals surface area (Å²) >= 11 is 4.43. The smallest absolute Gasteiger partial charge is 0.209 e. The molecule has 0 N–H and O–H groups in total. The van der Waals surface area contributed by atoms with Gasteiger partial charge in [-0.2, -0.15) is 0 Å². The molecule has 0 aliphatic rings. The molecule has 0 aliphatic heterocycles. The number of rotatable bonds is 21. The number of hydrogen-bond acceptors (Lipinski definition) is 6. The molecule has 4 heterocycles. The number of unbranched alkanes of at least 4 members (excludes halogenated alkanes) is 10. The summed E-state index contributed by atoms with van der Waals surface area (Å²) in [6.07, 6.45) is 11.6. The second-order valence-electron chi connectivity index (χ2n) is 14.8. The summed E-state index contributed by atoms with van der Waals surface area (Å²) in [5.41, 5.74) is -2.18. The van der Waals surface area contributed by atoms with Crippen molar-refractivity contribution in [3.05, 3.63) is 127 Å². The maximum absolute atomic E-state index is 14.8. The average molecular weight is 943 g/mol. The van der Waals surface area contributed by atoms with Crippen LogP contribution in [0.15, 0.2) is 36.4 Å². The van der Waals surface area contributed by atoms with Crippen LogP contribution in [0.25, 0.3) is 29.3 Å². The Bertz CT molecular complexity index is 2350. The van der Waals surface area contributed by atoms with Crippen LogP contribution in [0.5, 0.6) is 0 Å². The van der Waals surface area contributed by atoms with Crippen LogP contribution in [0, 0.1) is 58.2 Å². The molecule has 0 saturated carbocycles. The van der Waals surface area contributed by atoms with Crippen LogP contribution in [-0.4, -0.2) is 11.6 Å². The number of aryl methyl sites for hydroxylation is 2. The van der Waals surface area contributed by atoms with Crippen LogP contribution in [0.3, 0.4) is 0 Å². The van der Waals surface area contributed by atoms with E-state index in [-0.39, 0.29) is 9.75 Å². The van der Waals surface area contributed by atoms with Gasteiger partial charge in [-0.15, -0.1) is 45.3 Å². The summed E-state index contributed by atoms with van der Waals surface area (Å²) in [6, 6.07) is 10.6. The number of carbonyl (C=O) groups is 2. The van der Waals surface area contributed by atoms with Crippen molar-refractivity contribution in [3.63, 3.8) is 0 Å². The van der Waals surface area contributed by atoms with Crippen LogP contribution in [0.2, 0.25) is 0 Å². The predicted molar refractivity (Wildman–Crippen MR) is 228 cm³/mol. The SMILES string of the molecule is CCCCCCCCc1cc(-c2ccc(-c3ccc(-c4cc(CCCCCCCC)c(C(=O)c5c(F)c(F)c(F)c(F)c5F)s4)s3)s2)sc1C(=O)c1c(F)c(F)c(F)c(F)c1F. The molecule has 62 heavy (non-hydrogen) atoms. The quantitative estimate of drug-likeness (QED) is 0.0237. The molecule has 0 radical (unpaired) electrons. The van der Waals surface area contributed by atoms with E-state index in [4.69, 9.17) is 0 Å². The van der Waals surface area contributed by atoms with E-state index in [1.54, 1.807) is 24.3 Å². The normalized spacial score (nSPS) is 11.6. The Morgan fingerprint density at radius 1 is 0.371 bits per heavy atom. The van der Waals surface area contributed by atoms with Crippen molar-refractivity contribution in [1.29, 1.82) is 0 Å². The Morgan fingerprint density at radius 2 is 0.645 bits per heavy atom. The fraction of sp³-hybridized carbons (Fsp3) is 0.348.